The molecule has 0 aromatic heterocycles. The number of hydrogen-bond acceptors (Lipinski definition) is 7. The van der Waals surface area contributed by atoms with Crippen LogP contribution in [0.1, 0.15) is 50.4 Å². The lowest BCUT2D eigenvalue weighted by atomic mass is 9.99. The second-order valence-electron chi connectivity index (χ2n) is 9.70. The maximum atomic E-state index is 13.9. The molecule has 0 aliphatic carbocycles. The first-order valence-electron chi connectivity index (χ1n) is 12.4. The van der Waals surface area contributed by atoms with E-state index in [-0.39, 0.29) is 12.2 Å². The number of esters is 1. The number of hydrogen-bond donors (Lipinski definition) is 3. The Balaban J connectivity index is 2.48. The quantitative estimate of drug-likeness (QED) is 0.241. The second kappa shape index (κ2) is 13.9. The van der Waals surface area contributed by atoms with Crippen LogP contribution in [0.2, 0.25) is 0 Å². The molecule has 2 rings (SSSR count). The Kier molecular flexibility index (Phi) is 10.9. The zero-order valence-electron chi connectivity index (χ0n) is 22.8. The molecule has 3 amide bonds. The average molecular weight is 538 g/mol. The Morgan fingerprint density at radius 2 is 1.62 bits per heavy atom. The number of nitrogens with one attached hydrogen (secondary N) is 2. The standard InChI is InChI=1S/C29H35N3O7/c1-7-19-9-13-21(14-10-19)25(26(35)30-18-24(34)38-6)32(8-2)27(36)23(31-28(37)39-29(3,4)5)17-20-11-15-22(33)16-12-20/h2,9-16,23,25,33H,7,17-18H2,1,3-6H3,(H,30,35)(H,31,37). The van der Waals surface area contributed by atoms with Crippen molar-refractivity contribution in [2.45, 2.75) is 58.2 Å². The molecule has 0 saturated heterocycles. The van der Waals surface area contributed by atoms with Gasteiger partial charge in [0.05, 0.1) is 7.11 Å². The number of carbonyl (C=O) groups excluding carboxylic acids is 4. The van der Waals surface area contributed by atoms with Gasteiger partial charge in [-0.25, -0.2) is 4.79 Å². The number of nitrogens with zero attached hydrogens (tertiary/aromatic N) is 1. The summed E-state index contributed by atoms with van der Waals surface area (Å²) in [6.07, 6.45) is 5.67. The van der Waals surface area contributed by atoms with Gasteiger partial charge in [0, 0.05) is 12.5 Å². The molecule has 39 heavy (non-hydrogen) atoms. The van der Waals surface area contributed by atoms with Crippen molar-refractivity contribution in [1.29, 1.82) is 0 Å². The zero-order valence-corrected chi connectivity index (χ0v) is 22.8. The van der Waals surface area contributed by atoms with E-state index in [1.54, 1.807) is 45.0 Å². The molecule has 0 bridgehead atoms. The van der Waals surface area contributed by atoms with Gasteiger partial charge in [0.15, 0.2) is 0 Å². The molecule has 3 N–H and O–H groups in total. The van der Waals surface area contributed by atoms with Gasteiger partial charge in [0.1, 0.15) is 30.0 Å². The van der Waals surface area contributed by atoms with Gasteiger partial charge in [-0.05, 0) is 56.0 Å². The number of amides is 3. The highest BCUT2D eigenvalue weighted by molar-refractivity contribution is 5.94. The van der Waals surface area contributed by atoms with E-state index < -0.39 is 48.1 Å². The smallest absolute Gasteiger partial charge is 0.408 e. The molecule has 2 unspecified atom stereocenters. The van der Waals surface area contributed by atoms with E-state index in [1.165, 1.54) is 19.2 Å². The summed E-state index contributed by atoms with van der Waals surface area (Å²) in [6.45, 7) is 6.58. The number of carbonyl (C=O) groups is 4. The molecule has 0 radical (unpaired) electrons. The maximum absolute atomic E-state index is 13.9. The lowest BCUT2D eigenvalue weighted by Crippen LogP contribution is -2.52. The van der Waals surface area contributed by atoms with Gasteiger partial charge in [-0.15, -0.1) is 0 Å². The molecule has 0 saturated carbocycles. The molecule has 2 aromatic carbocycles. The van der Waals surface area contributed by atoms with Gasteiger partial charge in [-0.2, -0.15) is 0 Å². The summed E-state index contributed by atoms with van der Waals surface area (Å²) in [7, 11) is 1.18. The minimum absolute atomic E-state index is 0.0121. The molecule has 208 valence electrons. The van der Waals surface area contributed by atoms with E-state index in [1.807, 2.05) is 19.1 Å². The van der Waals surface area contributed by atoms with Crippen LogP contribution in [0.3, 0.4) is 0 Å². The van der Waals surface area contributed by atoms with Crippen molar-refractivity contribution >= 4 is 23.9 Å². The summed E-state index contributed by atoms with van der Waals surface area (Å²) in [4.78, 5) is 52.4. The highest BCUT2D eigenvalue weighted by Crippen LogP contribution is 2.24. The van der Waals surface area contributed by atoms with Crippen molar-refractivity contribution in [3.05, 3.63) is 65.2 Å². The molecule has 0 heterocycles. The minimum atomic E-state index is -1.32. The third-order valence-electron chi connectivity index (χ3n) is 5.59. The summed E-state index contributed by atoms with van der Waals surface area (Å²) in [5, 5.41) is 14.6. The number of phenols is 1. The Morgan fingerprint density at radius 3 is 2.13 bits per heavy atom. The third-order valence-corrected chi connectivity index (χ3v) is 5.59. The van der Waals surface area contributed by atoms with Gasteiger partial charge in [0.2, 0.25) is 5.91 Å². The molecule has 0 aliphatic rings. The summed E-state index contributed by atoms with van der Waals surface area (Å²) >= 11 is 0. The minimum Gasteiger partial charge on any atom is -0.508 e. The number of phenolic OH excluding ortho intramolecular Hbond substituents is 1. The number of rotatable bonds is 10. The number of terminal acetylenes is 1. The topological polar surface area (TPSA) is 134 Å². The maximum Gasteiger partial charge on any atom is 0.408 e. The Morgan fingerprint density at radius 1 is 1.03 bits per heavy atom. The van der Waals surface area contributed by atoms with Gasteiger partial charge in [-0.1, -0.05) is 49.7 Å². The van der Waals surface area contributed by atoms with Crippen molar-refractivity contribution in [3.8, 4) is 18.2 Å². The molecule has 0 spiro atoms. The second-order valence-corrected chi connectivity index (χ2v) is 9.70. The van der Waals surface area contributed by atoms with E-state index in [9.17, 15) is 24.3 Å². The number of aromatic hydroxyl groups is 1. The molecule has 0 fully saturated rings. The third kappa shape index (κ3) is 9.38. The van der Waals surface area contributed by atoms with Gasteiger partial charge >= 0.3 is 12.1 Å². The van der Waals surface area contributed by atoms with Crippen LogP contribution >= 0.6 is 0 Å². The summed E-state index contributed by atoms with van der Waals surface area (Å²) in [5.74, 6) is -2.12. The van der Waals surface area contributed by atoms with Gasteiger partial charge < -0.3 is 25.2 Å². The zero-order chi connectivity index (χ0) is 29.2. The van der Waals surface area contributed by atoms with Crippen molar-refractivity contribution < 1.29 is 33.8 Å². The number of alkyl carbamates (subject to hydrolysis) is 1. The van der Waals surface area contributed by atoms with Crippen LogP contribution < -0.4 is 10.6 Å². The van der Waals surface area contributed by atoms with Crippen molar-refractivity contribution in [2.24, 2.45) is 0 Å². The fourth-order valence-electron chi connectivity index (χ4n) is 3.63. The lowest BCUT2D eigenvalue weighted by molar-refractivity contribution is -0.142. The number of aryl methyl sites for hydroxylation is 1. The van der Waals surface area contributed by atoms with E-state index >= 15 is 0 Å². The summed E-state index contributed by atoms with van der Waals surface area (Å²) in [5.41, 5.74) is 1.18. The largest absolute Gasteiger partial charge is 0.508 e. The highest BCUT2D eigenvalue weighted by Gasteiger charge is 2.36. The van der Waals surface area contributed by atoms with Crippen LogP contribution in [0, 0.1) is 12.5 Å². The molecule has 0 aliphatic heterocycles. The van der Waals surface area contributed by atoms with Crippen LogP contribution in [-0.4, -0.2) is 59.2 Å². The first-order chi connectivity index (χ1) is 18.4. The van der Waals surface area contributed by atoms with Crippen LogP contribution in [0.15, 0.2) is 48.5 Å². The van der Waals surface area contributed by atoms with Crippen LogP contribution in [0.5, 0.6) is 5.75 Å². The van der Waals surface area contributed by atoms with E-state index in [4.69, 9.17) is 11.2 Å². The van der Waals surface area contributed by atoms with Gasteiger partial charge in [-0.3, -0.25) is 19.3 Å². The molecule has 2 atom stereocenters. The van der Waals surface area contributed by atoms with Gasteiger partial charge in [0.25, 0.3) is 5.91 Å². The van der Waals surface area contributed by atoms with E-state index in [0.29, 0.717) is 11.1 Å². The SMILES string of the molecule is C#CN(C(=O)C(Cc1ccc(O)cc1)NC(=O)OC(C)(C)C)C(C(=O)NCC(=O)OC)c1ccc(CC)cc1. The predicted molar refractivity (Wildman–Crippen MR) is 144 cm³/mol. The molecule has 10 heteroatoms. The lowest BCUT2D eigenvalue weighted by Gasteiger charge is -2.30. The van der Waals surface area contributed by atoms with Crippen molar-refractivity contribution in [3.63, 3.8) is 0 Å². The predicted octanol–water partition coefficient (Wildman–Crippen LogP) is 2.84. The normalized spacial score (nSPS) is 12.3. The fourth-order valence-corrected chi connectivity index (χ4v) is 3.63. The number of ether oxygens (including phenoxy) is 2. The number of benzene rings is 2. The molecular weight excluding hydrogens is 502 g/mol. The Hall–Kier alpha value is -4.52. The number of methoxy groups -OCH3 is 1. The van der Waals surface area contributed by atoms with Crippen LogP contribution in [-0.2, 0) is 36.7 Å². The molecular formula is C29H35N3O7. The Labute approximate surface area is 228 Å². The van der Waals surface area contributed by atoms with Crippen molar-refractivity contribution in [2.75, 3.05) is 13.7 Å². The average Bonchev–Trinajstić information content (AvgIpc) is 2.89. The summed E-state index contributed by atoms with van der Waals surface area (Å²) < 4.78 is 9.93. The van der Waals surface area contributed by atoms with Crippen LogP contribution in [0.25, 0.3) is 0 Å². The van der Waals surface area contributed by atoms with Crippen LogP contribution in [0.4, 0.5) is 4.79 Å². The monoisotopic (exact) mass is 537 g/mol. The molecule has 10 nitrogen and oxygen atoms in total. The molecule has 2 aromatic rings. The first-order valence-corrected chi connectivity index (χ1v) is 12.4. The Bertz CT molecular complexity index is 1200. The highest BCUT2D eigenvalue weighted by atomic mass is 16.6. The first kappa shape index (κ1) is 30.7. The van der Waals surface area contributed by atoms with E-state index in [2.05, 4.69) is 21.4 Å². The van der Waals surface area contributed by atoms with Crippen molar-refractivity contribution in [1.82, 2.24) is 15.5 Å². The summed E-state index contributed by atoms with van der Waals surface area (Å²) in [6, 6.07) is 12.8. The van der Waals surface area contributed by atoms with E-state index in [0.717, 1.165) is 16.9 Å². The fraction of sp³-hybridized carbons (Fsp3) is 0.379.